The second-order valence-corrected chi connectivity index (χ2v) is 5.80. The lowest BCUT2D eigenvalue weighted by atomic mass is 9.97. The molecule has 1 rings (SSSR count). The van der Waals surface area contributed by atoms with E-state index < -0.39 is 0 Å². The third-order valence-electron chi connectivity index (χ3n) is 3.68. The summed E-state index contributed by atoms with van der Waals surface area (Å²) in [5.74, 6) is 0.893. The van der Waals surface area contributed by atoms with Crippen molar-refractivity contribution >= 4 is 5.91 Å². The number of amides is 1. The molecule has 1 saturated heterocycles. The van der Waals surface area contributed by atoms with Gasteiger partial charge in [-0.15, -0.1) is 0 Å². The smallest absolute Gasteiger partial charge is 0.226 e. The molecule has 2 atom stereocenters. The molecule has 1 heterocycles. The highest BCUT2D eigenvalue weighted by Crippen LogP contribution is 2.23. The first-order valence-corrected chi connectivity index (χ1v) is 7.06. The van der Waals surface area contributed by atoms with Gasteiger partial charge in [0.2, 0.25) is 5.91 Å². The summed E-state index contributed by atoms with van der Waals surface area (Å²) in [7, 11) is 0. The molecule has 0 aromatic carbocycles. The van der Waals surface area contributed by atoms with Crippen LogP contribution in [-0.4, -0.2) is 29.9 Å². The Kier molecular flexibility index (Phi) is 5.96. The summed E-state index contributed by atoms with van der Waals surface area (Å²) in [5.41, 5.74) is 5.62. The van der Waals surface area contributed by atoms with Crippen molar-refractivity contribution in [2.24, 2.45) is 17.6 Å². The van der Waals surface area contributed by atoms with E-state index in [2.05, 4.69) is 18.7 Å². The van der Waals surface area contributed by atoms with Crippen LogP contribution in [0.2, 0.25) is 0 Å². The highest BCUT2D eigenvalue weighted by atomic mass is 16.2. The molecule has 2 unspecified atom stereocenters. The van der Waals surface area contributed by atoms with Crippen LogP contribution < -0.4 is 5.73 Å². The highest BCUT2D eigenvalue weighted by molar-refractivity contribution is 5.79. The Balaban J connectivity index is 2.70. The molecule has 3 heteroatoms. The second-order valence-electron chi connectivity index (χ2n) is 5.80. The first-order chi connectivity index (χ1) is 8.06. The number of rotatable bonds is 4. The van der Waals surface area contributed by atoms with Gasteiger partial charge >= 0.3 is 0 Å². The molecular weight excluding hydrogens is 212 g/mol. The van der Waals surface area contributed by atoms with Crippen LogP contribution in [0.15, 0.2) is 0 Å². The normalized spacial score (nSPS) is 23.6. The average molecular weight is 240 g/mol. The minimum absolute atomic E-state index is 0.0252. The molecule has 0 bridgehead atoms. The van der Waals surface area contributed by atoms with E-state index in [1.165, 1.54) is 19.3 Å². The Morgan fingerprint density at radius 1 is 1.29 bits per heavy atom. The van der Waals surface area contributed by atoms with Crippen molar-refractivity contribution in [3.8, 4) is 0 Å². The van der Waals surface area contributed by atoms with Crippen LogP contribution >= 0.6 is 0 Å². The Labute approximate surface area is 106 Å². The zero-order valence-electron chi connectivity index (χ0n) is 11.6. The molecule has 0 saturated carbocycles. The van der Waals surface area contributed by atoms with Crippen molar-refractivity contribution in [3.05, 3.63) is 0 Å². The quantitative estimate of drug-likeness (QED) is 0.820. The van der Waals surface area contributed by atoms with Crippen LogP contribution in [-0.2, 0) is 4.79 Å². The molecule has 0 aliphatic carbocycles. The van der Waals surface area contributed by atoms with Crippen molar-refractivity contribution in [1.82, 2.24) is 4.90 Å². The largest absolute Gasteiger partial charge is 0.339 e. The zero-order valence-corrected chi connectivity index (χ0v) is 11.6. The lowest BCUT2D eigenvalue weighted by Crippen LogP contribution is -2.44. The minimum Gasteiger partial charge on any atom is -0.339 e. The van der Waals surface area contributed by atoms with Crippen LogP contribution in [0.5, 0.6) is 0 Å². The van der Waals surface area contributed by atoms with E-state index in [0.717, 1.165) is 19.4 Å². The van der Waals surface area contributed by atoms with Crippen molar-refractivity contribution < 1.29 is 4.79 Å². The number of hydrogen-bond donors (Lipinski definition) is 1. The first-order valence-electron chi connectivity index (χ1n) is 7.06. The number of hydrogen-bond acceptors (Lipinski definition) is 2. The van der Waals surface area contributed by atoms with Gasteiger partial charge in [0.15, 0.2) is 0 Å². The van der Waals surface area contributed by atoms with Gasteiger partial charge in [0, 0.05) is 25.0 Å². The fourth-order valence-corrected chi connectivity index (χ4v) is 2.64. The molecule has 1 amide bonds. The topological polar surface area (TPSA) is 46.3 Å². The maximum atomic E-state index is 12.3. The lowest BCUT2D eigenvalue weighted by Gasteiger charge is -2.33. The van der Waals surface area contributed by atoms with Crippen LogP contribution in [0, 0.1) is 11.8 Å². The predicted molar refractivity (Wildman–Crippen MR) is 71.6 cm³/mol. The standard InChI is InChI=1S/C14H28N2O/c1-11(2)9-13-7-5-4-6-8-16(13)14(17)12(3)10-15/h11-13H,4-10,15H2,1-3H3. The van der Waals surface area contributed by atoms with Gasteiger partial charge in [0.1, 0.15) is 0 Å². The van der Waals surface area contributed by atoms with Crippen LogP contribution in [0.3, 0.4) is 0 Å². The monoisotopic (exact) mass is 240 g/mol. The second kappa shape index (κ2) is 7.00. The van der Waals surface area contributed by atoms with E-state index >= 15 is 0 Å². The van der Waals surface area contributed by atoms with E-state index in [4.69, 9.17) is 5.73 Å². The van der Waals surface area contributed by atoms with Crippen molar-refractivity contribution in [2.75, 3.05) is 13.1 Å². The highest BCUT2D eigenvalue weighted by Gasteiger charge is 2.28. The third kappa shape index (κ3) is 4.30. The van der Waals surface area contributed by atoms with Gasteiger partial charge in [0.25, 0.3) is 0 Å². The molecule has 0 aromatic heterocycles. The summed E-state index contributed by atoms with van der Waals surface area (Å²) >= 11 is 0. The summed E-state index contributed by atoms with van der Waals surface area (Å²) < 4.78 is 0. The van der Waals surface area contributed by atoms with Crippen molar-refractivity contribution in [2.45, 2.75) is 58.9 Å². The molecule has 1 fully saturated rings. The van der Waals surface area contributed by atoms with Gasteiger partial charge in [-0.25, -0.2) is 0 Å². The predicted octanol–water partition coefficient (Wildman–Crippen LogP) is 2.40. The summed E-state index contributed by atoms with van der Waals surface area (Å²) in [6.07, 6.45) is 5.97. The number of likely N-dealkylation sites (tertiary alicyclic amines) is 1. The third-order valence-corrected chi connectivity index (χ3v) is 3.68. The van der Waals surface area contributed by atoms with Crippen LogP contribution in [0.4, 0.5) is 0 Å². The van der Waals surface area contributed by atoms with Gasteiger partial charge in [0.05, 0.1) is 0 Å². The minimum atomic E-state index is -0.0252. The van der Waals surface area contributed by atoms with Gasteiger partial charge in [-0.05, 0) is 25.2 Å². The first kappa shape index (κ1) is 14.5. The van der Waals surface area contributed by atoms with E-state index in [0.29, 0.717) is 18.5 Å². The Bertz CT molecular complexity index is 240. The number of nitrogens with zero attached hydrogens (tertiary/aromatic N) is 1. The Morgan fingerprint density at radius 2 is 2.00 bits per heavy atom. The Hall–Kier alpha value is -0.570. The molecule has 0 radical (unpaired) electrons. The van der Waals surface area contributed by atoms with E-state index in [9.17, 15) is 4.79 Å². The summed E-state index contributed by atoms with van der Waals surface area (Å²) in [5, 5.41) is 0. The van der Waals surface area contributed by atoms with Gasteiger partial charge in [-0.1, -0.05) is 33.6 Å². The average Bonchev–Trinajstić information content (AvgIpc) is 2.51. The Morgan fingerprint density at radius 3 is 2.59 bits per heavy atom. The number of carbonyl (C=O) groups is 1. The van der Waals surface area contributed by atoms with Gasteiger partial charge < -0.3 is 10.6 Å². The maximum absolute atomic E-state index is 12.3. The summed E-state index contributed by atoms with van der Waals surface area (Å²) in [6, 6.07) is 0.444. The fraction of sp³-hybridized carbons (Fsp3) is 0.929. The van der Waals surface area contributed by atoms with Crippen LogP contribution in [0.1, 0.15) is 52.9 Å². The van der Waals surface area contributed by atoms with Crippen LogP contribution in [0.25, 0.3) is 0 Å². The fourth-order valence-electron chi connectivity index (χ4n) is 2.64. The SMILES string of the molecule is CC(C)CC1CCCCCN1C(=O)C(C)CN. The maximum Gasteiger partial charge on any atom is 0.226 e. The van der Waals surface area contributed by atoms with E-state index in [1.54, 1.807) is 0 Å². The molecule has 3 nitrogen and oxygen atoms in total. The van der Waals surface area contributed by atoms with Crippen molar-refractivity contribution in [1.29, 1.82) is 0 Å². The van der Waals surface area contributed by atoms with Crippen molar-refractivity contribution in [3.63, 3.8) is 0 Å². The molecule has 1 aliphatic heterocycles. The molecule has 0 spiro atoms. The zero-order chi connectivity index (χ0) is 12.8. The lowest BCUT2D eigenvalue weighted by molar-refractivity contribution is -0.137. The molecule has 100 valence electrons. The van der Waals surface area contributed by atoms with Gasteiger partial charge in [-0.2, -0.15) is 0 Å². The molecule has 0 aromatic rings. The number of nitrogens with two attached hydrogens (primary N) is 1. The van der Waals surface area contributed by atoms with Gasteiger partial charge in [-0.3, -0.25) is 4.79 Å². The molecule has 2 N–H and O–H groups in total. The molecule has 1 aliphatic rings. The number of carbonyl (C=O) groups excluding carboxylic acids is 1. The van der Waals surface area contributed by atoms with E-state index in [-0.39, 0.29) is 11.8 Å². The van der Waals surface area contributed by atoms with E-state index in [1.807, 2.05) is 6.92 Å². The summed E-state index contributed by atoms with van der Waals surface area (Å²) in [4.78, 5) is 14.4. The molecular formula is C14H28N2O. The molecule has 17 heavy (non-hydrogen) atoms. The summed E-state index contributed by atoms with van der Waals surface area (Å²) in [6.45, 7) is 7.81.